The van der Waals surface area contributed by atoms with Gasteiger partial charge in [0, 0.05) is 13.1 Å². The highest BCUT2D eigenvalue weighted by Crippen LogP contribution is 2.48. The fraction of sp³-hybridized carbons (Fsp3) is 0.500. The van der Waals surface area contributed by atoms with Gasteiger partial charge in [0.25, 0.3) is 0 Å². The van der Waals surface area contributed by atoms with Gasteiger partial charge in [-0.3, -0.25) is 9.59 Å². The van der Waals surface area contributed by atoms with Gasteiger partial charge in [0.2, 0.25) is 5.91 Å². The van der Waals surface area contributed by atoms with Crippen molar-refractivity contribution in [3.05, 3.63) is 35.4 Å². The average molecular weight is 289 g/mol. The lowest BCUT2D eigenvalue weighted by Gasteiger charge is -2.27. The molecule has 2 atom stereocenters. The van der Waals surface area contributed by atoms with Gasteiger partial charge in [-0.1, -0.05) is 24.3 Å². The number of morpholine rings is 1. The summed E-state index contributed by atoms with van der Waals surface area (Å²) in [6, 6.07) is 7.71. The van der Waals surface area contributed by atoms with Crippen molar-refractivity contribution in [1.29, 1.82) is 0 Å². The van der Waals surface area contributed by atoms with Gasteiger partial charge in [0.05, 0.1) is 25.6 Å². The summed E-state index contributed by atoms with van der Waals surface area (Å²) >= 11 is 0. The van der Waals surface area contributed by atoms with Crippen molar-refractivity contribution in [2.24, 2.45) is 5.92 Å². The number of ether oxygens (including phenoxy) is 1. The van der Waals surface area contributed by atoms with Crippen molar-refractivity contribution < 1.29 is 19.4 Å². The molecule has 1 aromatic carbocycles. The van der Waals surface area contributed by atoms with E-state index in [1.165, 1.54) is 0 Å². The van der Waals surface area contributed by atoms with E-state index in [0.29, 0.717) is 39.1 Å². The molecule has 0 spiro atoms. The van der Waals surface area contributed by atoms with Crippen LogP contribution in [-0.4, -0.2) is 48.2 Å². The Kier molecular flexibility index (Phi) is 3.92. The van der Waals surface area contributed by atoms with Gasteiger partial charge in [-0.15, -0.1) is 0 Å². The second-order valence-corrected chi connectivity index (χ2v) is 5.66. The first-order valence-corrected chi connectivity index (χ1v) is 7.33. The third-order valence-electron chi connectivity index (χ3n) is 4.27. The van der Waals surface area contributed by atoms with Crippen molar-refractivity contribution in [1.82, 2.24) is 4.90 Å². The first-order valence-electron chi connectivity index (χ1n) is 7.33. The zero-order valence-electron chi connectivity index (χ0n) is 11.8. The Morgan fingerprint density at radius 2 is 1.95 bits per heavy atom. The molecular formula is C16H19NO4. The third-order valence-corrected chi connectivity index (χ3v) is 4.27. The van der Waals surface area contributed by atoms with Crippen molar-refractivity contribution in [2.45, 2.75) is 18.8 Å². The minimum absolute atomic E-state index is 0.0659. The molecule has 1 aliphatic heterocycles. The summed E-state index contributed by atoms with van der Waals surface area (Å²) in [6.45, 7) is 2.47. The number of hydrogen-bond donors (Lipinski definition) is 1. The fourth-order valence-corrected chi connectivity index (χ4v) is 2.96. The molecule has 2 unspecified atom stereocenters. The Bertz CT molecular complexity index is 551. The van der Waals surface area contributed by atoms with Crippen LogP contribution in [0.1, 0.15) is 23.5 Å². The number of benzene rings is 1. The SMILES string of the molecule is O=C(O)C1CC1c1ccccc1CC(=O)N1CCOCC1. The summed E-state index contributed by atoms with van der Waals surface area (Å²) < 4.78 is 5.25. The van der Waals surface area contributed by atoms with Crippen LogP contribution >= 0.6 is 0 Å². The molecule has 2 aliphatic rings. The highest BCUT2D eigenvalue weighted by atomic mass is 16.5. The number of rotatable bonds is 4. The van der Waals surface area contributed by atoms with Crippen LogP contribution in [0.15, 0.2) is 24.3 Å². The minimum Gasteiger partial charge on any atom is -0.481 e. The number of hydrogen-bond acceptors (Lipinski definition) is 3. The van der Waals surface area contributed by atoms with E-state index in [0.717, 1.165) is 11.1 Å². The Hall–Kier alpha value is -1.88. The molecule has 1 aliphatic carbocycles. The van der Waals surface area contributed by atoms with Crippen LogP contribution in [0.3, 0.4) is 0 Å². The molecule has 21 heavy (non-hydrogen) atoms. The summed E-state index contributed by atoms with van der Waals surface area (Å²) in [5.74, 6) is -0.867. The maximum absolute atomic E-state index is 12.3. The summed E-state index contributed by atoms with van der Waals surface area (Å²) in [5, 5.41) is 9.07. The lowest BCUT2D eigenvalue weighted by atomic mass is 9.99. The number of carbonyl (C=O) groups is 2. The maximum atomic E-state index is 12.3. The van der Waals surface area contributed by atoms with Crippen molar-refractivity contribution in [3.63, 3.8) is 0 Å². The Morgan fingerprint density at radius 3 is 2.62 bits per heavy atom. The van der Waals surface area contributed by atoms with Gasteiger partial charge >= 0.3 is 5.97 Å². The van der Waals surface area contributed by atoms with Crippen LogP contribution in [0, 0.1) is 5.92 Å². The summed E-state index contributed by atoms with van der Waals surface area (Å²) in [4.78, 5) is 25.2. The fourth-order valence-electron chi connectivity index (χ4n) is 2.96. The second-order valence-electron chi connectivity index (χ2n) is 5.66. The predicted octanol–water partition coefficient (Wildman–Crippen LogP) is 1.28. The molecule has 1 saturated carbocycles. The van der Waals surface area contributed by atoms with Crippen molar-refractivity contribution in [3.8, 4) is 0 Å². The normalized spacial score (nSPS) is 24.7. The standard InChI is InChI=1S/C16H19NO4/c18-15(17-5-7-21-8-6-17)9-11-3-1-2-4-12(11)13-10-14(13)16(19)20/h1-4,13-14H,5-10H2,(H,19,20). The summed E-state index contributed by atoms with van der Waals surface area (Å²) in [5.41, 5.74) is 1.98. The van der Waals surface area contributed by atoms with E-state index in [9.17, 15) is 9.59 Å². The first kappa shape index (κ1) is 14.1. The Morgan fingerprint density at radius 1 is 1.24 bits per heavy atom. The summed E-state index contributed by atoms with van der Waals surface area (Å²) in [6.07, 6.45) is 1.02. The Balaban J connectivity index is 1.71. The van der Waals surface area contributed by atoms with Gasteiger partial charge in [0.1, 0.15) is 0 Å². The van der Waals surface area contributed by atoms with Crippen LogP contribution in [0.2, 0.25) is 0 Å². The highest BCUT2D eigenvalue weighted by Gasteiger charge is 2.45. The van der Waals surface area contributed by atoms with Crippen LogP contribution in [0.25, 0.3) is 0 Å². The van der Waals surface area contributed by atoms with Crippen molar-refractivity contribution >= 4 is 11.9 Å². The Labute approximate surface area is 123 Å². The van der Waals surface area contributed by atoms with Gasteiger partial charge in [-0.25, -0.2) is 0 Å². The lowest BCUT2D eigenvalue weighted by molar-refractivity contribution is -0.138. The molecule has 1 N–H and O–H groups in total. The van der Waals surface area contributed by atoms with Crippen LogP contribution in [0.5, 0.6) is 0 Å². The molecule has 1 heterocycles. The minimum atomic E-state index is -0.741. The average Bonchev–Trinajstić information content (AvgIpc) is 3.29. The molecule has 0 radical (unpaired) electrons. The predicted molar refractivity (Wildman–Crippen MR) is 76.0 cm³/mol. The topological polar surface area (TPSA) is 66.8 Å². The van der Waals surface area contributed by atoms with Crippen LogP contribution in [0.4, 0.5) is 0 Å². The number of amides is 1. The van der Waals surface area contributed by atoms with E-state index >= 15 is 0 Å². The van der Waals surface area contributed by atoms with Gasteiger partial charge in [-0.05, 0) is 23.5 Å². The molecule has 2 fully saturated rings. The van der Waals surface area contributed by atoms with E-state index in [1.807, 2.05) is 29.2 Å². The summed E-state index contributed by atoms with van der Waals surface area (Å²) in [7, 11) is 0. The number of carboxylic acids is 1. The highest BCUT2D eigenvalue weighted by molar-refractivity contribution is 5.80. The monoisotopic (exact) mass is 289 g/mol. The van der Waals surface area contributed by atoms with Gasteiger partial charge < -0.3 is 14.7 Å². The second kappa shape index (κ2) is 5.85. The zero-order chi connectivity index (χ0) is 14.8. The molecule has 5 nitrogen and oxygen atoms in total. The smallest absolute Gasteiger partial charge is 0.307 e. The molecule has 1 amide bonds. The maximum Gasteiger partial charge on any atom is 0.307 e. The molecule has 0 aromatic heterocycles. The number of carbonyl (C=O) groups excluding carboxylic acids is 1. The first-order chi connectivity index (χ1) is 10.2. The molecule has 1 saturated heterocycles. The van der Waals surface area contributed by atoms with Crippen LogP contribution in [-0.2, 0) is 20.7 Å². The van der Waals surface area contributed by atoms with E-state index in [4.69, 9.17) is 9.84 Å². The van der Waals surface area contributed by atoms with E-state index in [-0.39, 0.29) is 17.7 Å². The van der Waals surface area contributed by atoms with Crippen LogP contribution < -0.4 is 0 Å². The quantitative estimate of drug-likeness (QED) is 0.906. The molecule has 0 bridgehead atoms. The third kappa shape index (κ3) is 3.08. The molecule has 112 valence electrons. The molecular weight excluding hydrogens is 270 g/mol. The molecule has 1 aromatic rings. The lowest BCUT2D eigenvalue weighted by Crippen LogP contribution is -2.41. The molecule has 3 rings (SSSR count). The van der Waals surface area contributed by atoms with Gasteiger partial charge in [0.15, 0.2) is 0 Å². The van der Waals surface area contributed by atoms with E-state index in [1.54, 1.807) is 0 Å². The zero-order valence-corrected chi connectivity index (χ0v) is 11.8. The van der Waals surface area contributed by atoms with E-state index in [2.05, 4.69) is 0 Å². The number of aliphatic carboxylic acids is 1. The van der Waals surface area contributed by atoms with E-state index < -0.39 is 5.97 Å². The molecule has 5 heteroatoms. The largest absolute Gasteiger partial charge is 0.481 e. The number of nitrogens with zero attached hydrogens (tertiary/aromatic N) is 1. The van der Waals surface area contributed by atoms with Crippen molar-refractivity contribution in [2.75, 3.05) is 26.3 Å². The number of carboxylic acid groups (broad SMARTS) is 1. The van der Waals surface area contributed by atoms with Gasteiger partial charge in [-0.2, -0.15) is 0 Å².